The molecule has 0 N–H and O–H groups in total. The first-order chi connectivity index (χ1) is 14.6. The maximum absolute atomic E-state index is 12.9. The molecule has 2 aromatic heterocycles. The van der Waals surface area contributed by atoms with Gasteiger partial charge < -0.3 is 4.90 Å². The number of imidazole rings is 1. The van der Waals surface area contributed by atoms with Crippen LogP contribution in [-0.2, 0) is 6.18 Å². The second-order valence-corrected chi connectivity index (χ2v) is 7.50. The summed E-state index contributed by atoms with van der Waals surface area (Å²) in [6.45, 7) is 0. The molecule has 0 unspecified atom stereocenters. The van der Waals surface area contributed by atoms with Crippen molar-refractivity contribution in [1.29, 1.82) is 0 Å². The molecule has 4 rings (SSSR count). The lowest BCUT2D eigenvalue weighted by Crippen LogP contribution is -2.27. The molecule has 31 heavy (non-hydrogen) atoms. The van der Waals surface area contributed by atoms with Gasteiger partial charge in [0, 0.05) is 24.5 Å². The van der Waals surface area contributed by atoms with Crippen molar-refractivity contribution in [2.45, 2.75) is 6.18 Å². The molecule has 5 nitrogen and oxygen atoms in total. The minimum absolute atomic E-state index is 0.118. The van der Waals surface area contributed by atoms with Crippen molar-refractivity contribution in [1.82, 2.24) is 14.4 Å². The van der Waals surface area contributed by atoms with Crippen LogP contribution >= 0.6 is 23.2 Å². The molecule has 0 aliphatic carbocycles. The lowest BCUT2D eigenvalue weighted by molar-refractivity contribution is -0.137. The molecule has 0 spiro atoms. The zero-order chi connectivity index (χ0) is 22.3. The average Bonchev–Trinajstić information content (AvgIpc) is 3.17. The normalized spacial score (nSPS) is 11.7. The summed E-state index contributed by atoms with van der Waals surface area (Å²) in [4.78, 5) is 22.7. The largest absolute Gasteiger partial charge is 0.416 e. The molecule has 10 heteroatoms. The molecule has 0 atom stereocenters. The first kappa shape index (κ1) is 21.1. The van der Waals surface area contributed by atoms with E-state index in [0.717, 1.165) is 12.1 Å². The number of rotatable bonds is 3. The van der Waals surface area contributed by atoms with Gasteiger partial charge in [0.1, 0.15) is 5.69 Å². The highest BCUT2D eigenvalue weighted by molar-refractivity contribution is 6.42. The molecule has 0 aliphatic rings. The summed E-state index contributed by atoms with van der Waals surface area (Å²) in [6.07, 6.45) is 0.00239. The second kappa shape index (κ2) is 7.86. The predicted molar refractivity (Wildman–Crippen MR) is 113 cm³/mol. The van der Waals surface area contributed by atoms with Crippen LogP contribution in [0.4, 0.5) is 18.9 Å². The van der Waals surface area contributed by atoms with Crippen LogP contribution in [0, 0.1) is 0 Å². The number of fused-ring (bicyclic) bond motifs is 1. The molecule has 2 heterocycles. The van der Waals surface area contributed by atoms with E-state index in [9.17, 15) is 18.0 Å². The molecular weight excluding hydrogens is 452 g/mol. The number of halogens is 5. The maximum atomic E-state index is 12.9. The fraction of sp³-hybridized carbons (Fsp3) is 0.0952. The van der Waals surface area contributed by atoms with E-state index in [2.05, 4.69) is 9.97 Å². The van der Waals surface area contributed by atoms with Crippen LogP contribution in [0.3, 0.4) is 0 Å². The summed E-state index contributed by atoms with van der Waals surface area (Å²) >= 11 is 12.0. The summed E-state index contributed by atoms with van der Waals surface area (Å²) in [7, 11) is 1.57. The summed E-state index contributed by atoms with van der Waals surface area (Å²) < 4.78 is 40.1. The average molecular weight is 465 g/mol. The van der Waals surface area contributed by atoms with E-state index >= 15 is 0 Å². The van der Waals surface area contributed by atoms with Crippen molar-refractivity contribution in [2.75, 3.05) is 11.9 Å². The van der Waals surface area contributed by atoms with Crippen LogP contribution in [0.15, 0.2) is 61.1 Å². The van der Waals surface area contributed by atoms with Gasteiger partial charge in [-0.2, -0.15) is 13.2 Å². The number of nitrogens with zero attached hydrogens (tertiary/aromatic N) is 4. The van der Waals surface area contributed by atoms with E-state index in [-0.39, 0.29) is 5.69 Å². The molecule has 0 radical (unpaired) electrons. The molecule has 158 valence electrons. The van der Waals surface area contributed by atoms with Crippen molar-refractivity contribution >= 4 is 40.4 Å². The van der Waals surface area contributed by atoms with Crippen LogP contribution in [0.2, 0.25) is 10.0 Å². The molecular formula is C21H13Cl2F3N4O. The monoisotopic (exact) mass is 464 g/mol. The Morgan fingerprint density at radius 2 is 1.71 bits per heavy atom. The van der Waals surface area contributed by atoms with Gasteiger partial charge in [-0.05, 0) is 30.3 Å². The fourth-order valence-corrected chi connectivity index (χ4v) is 3.32. The number of alkyl halides is 3. The topological polar surface area (TPSA) is 50.5 Å². The van der Waals surface area contributed by atoms with E-state index in [1.807, 2.05) is 0 Å². The standard InChI is InChI=1S/C21H13Cl2F3N4O/c1-29(14-6-7-15(22)16(23)8-14)20(31)17-11-30-18(9-28-19(30)10-27-17)12-2-4-13(5-3-12)21(24,25)26/h2-11H,1H3. The highest BCUT2D eigenvalue weighted by Crippen LogP contribution is 2.31. The molecule has 1 amide bonds. The molecule has 0 bridgehead atoms. The van der Waals surface area contributed by atoms with Gasteiger partial charge in [-0.25, -0.2) is 9.97 Å². The number of hydrogen-bond acceptors (Lipinski definition) is 3. The Morgan fingerprint density at radius 1 is 1.00 bits per heavy atom. The van der Waals surface area contributed by atoms with Crippen LogP contribution in [0.25, 0.3) is 16.9 Å². The highest BCUT2D eigenvalue weighted by atomic mass is 35.5. The number of carbonyl (C=O) groups excluding carboxylic acids is 1. The van der Waals surface area contributed by atoms with E-state index in [4.69, 9.17) is 23.2 Å². The van der Waals surface area contributed by atoms with Crippen molar-refractivity contribution in [3.63, 3.8) is 0 Å². The zero-order valence-corrected chi connectivity index (χ0v) is 17.4. The van der Waals surface area contributed by atoms with Crippen LogP contribution in [0.5, 0.6) is 0 Å². The first-order valence-electron chi connectivity index (χ1n) is 8.89. The van der Waals surface area contributed by atoms with Gasteiger partial charge >= 0.3 is 6.18 Å². The number of anilines is 1. The molecule has 2 aromatic carbocycles. The third-order valence-electron chi connectivity index (χ3n) is 4.72. The van der Waals surface area contributed by atoms with Crippen molar-refractivity contribution < 1.29 is 18.0 Å². The summed E-state index contributed by atoms with van der Waals surface area (Å²) in [6, 6.07) is 9.50. The van der Waals surface area contributed by atoms with Gasteiger partial charge in [0.25, 0.3) is 5.91 Å². The third-order valence-corrected chi connectivity index (χ3v) is 5.46. The van der Waals surface area contributed by atoms with Gasteiger partial charge in [-0.15, -0.1) is 0 Å². The Bertz CT molecular complexity index is 1290. The SMILES string of the molecule is CN(C(=O)c1cn2c(-c3ccc(C(F)(F)F)cc3)cnc2cn1)c1ccc(Cl)c(Cl)c1. The van der Waals surface area contributed by atoms with Gasteiger partial charge in [0.2, 0.25) is 0 Å². The Hall–Kier alpha value is -3.10. The Kier molecular flexibility index (Phi) is 5.36. The molecule has 0 aliphatic heterocycles. The summed E-state index contributed by atoms with van der Waals surface area (Å²) in [5.74, 6) is -0.410. The number of benzene rings is 2. The smallest absolute Gasteiger partial charge is 0.310 e. The molecule has 0 fully saturated rings. The van der Waals surface area contributed by atoms with Crippen LogP contribution in [-0.4, -0.2) is 27.3 Å². The number of amides is 1. The van der Waals surface area contributed by atoms with Gasteiger partial charge in [-0.3, -0.25) is 9.20 Å². The van der Waals surface area contributed by atoms with E-state index in [1.54, 1.807) is 29.6 Å². The molecule has 0 saturated heterocycles. The van der Waals surface area contributed by atoms with E-state index in [1.165, 1.54) is 35.6 Å². The number of aromatic nitrogens is 3. The lowest BCUT2D eigenvalue weighted by Gasteiger charge is -2.17. The number of carbonyl (C=O) groups is 1. The van der Waals surface area contributed by atoms with Crippen molar-refractivity contribution in [2.24, 2.45) is 0 Å². The van der Waals surface area contributed by atoms with Crippen molar-refractivity contribution in [3.05, 3.63) is 82.4 Å². The quantitative estimate of drug-likeness (QED) is 0.373. The van der Waals surface area contributed by atoms with Crippen molar-refractivity contribution in [3.8, 4) is 11.3 Å². The van der Waals surface area contributed by atoms with Gasteiger partial charge in [0.15, 0.2) is 5.65 Å². The van der Waals surface area contributed by atoms with Crippen LogP contribution in [0.1, 0.15) is 16.1 Å². The Labute approximate surface area is 184 Å². The third kappa shape index (κ3) is 4.08. The Morgan fingerprint density at radius 3 is 2.35 bits per heavy atom. The number of hydrogen-bond donors (Lipinski definition) is 0. The minimum atomic E-state index is -4.42. The highest BCUT2D eigenvalue weighted by Gasteiger charge is 2.30. The molecule has 0 saturated carbocycles. The fourth-order valence-electron chi connectivity index (χ4n) is 3.03. The summed E-state index contributed by atoms with van der Waals surface area (Å²) in [5, 5.41) is 0.673. The lowest BCUT2D eigenvalue weighted by atomic mass is 10.1. The first-order valence-corrected chi connectivity index (χ1v) is 9.64. The zero-order valence-electron chi connectivity index (χ0n) is 15.9. The van der Waals surface area contributed by atoms with Gasteiger partial charge in [0.05, 0.1) is 33.7 Å². The predicted octanol–water partition coefficient (Wildman–Crippen LogP) is 6.00. The summed E-state index contributed by atoms with van der Waals surface area (Å²) in [5.41, 5.74) is 1.39. The molecule has 4 aromatic rings. The maximum Gasteiger partial charge on any atom is 0.416 e. The Balaban J connectivity index is 1.69. The second-order valence-electron chi connectivity index (χ2n) is 6.68. The van der Waals surface area contributed by atoms with E-state index in [0.29, 0.717) is 32.6 Å². The minimum Gasteiger partial charge on any atom is -0.310 e. The van der Waals surface area contributed by atoms with Crippen LogP contribution < -0.4 is 4.90 Å². The van der Waals surface area contributed by atoms with E-state index < -0.39 is 17.6 Å². The van der Waals surface area contributed by atoms with Gasteiger partial charge in [-0.1, -0.05) is 35.3 Å².